The molecule has 11 nitrogen and oxygen atoms in total. The average molecular weight is 1160 g/mol. The highest BCUT2D eigenvalue weighted by atomic mass is 16.7. The van der Waals surface area contributed by atoms with E-state index in [0.717, 1.165) is 51.4 Å². The largest absolute Gasteiger partial charge is 0.466 e. The molecule has 0 radical (unpaired) electrons. The second-order valence-corrected chi connectivity index (χ2v) is 25.3. The Morgan fingerprint density at radius 3 is 1.13 bits per heavy atom. The summed E-state index contributed by atoms with van der Waals surface area (Å²) < 4.78 is 16.8. The van der Waals surface area contributed by atoms with Crippen molar-refractivity contribution in [3.05, 3.63) is 12.2 Å². The van der Waals surface area contributed by atoms with Crippen LogP contribution < -0.4 is 5.32 Å². The molecule has 0 aliphatic carbocycles. The zero-order chi connectivity index (χ0) is 59.5. The summed E-state index contributed by atoms with van der Waals surface area (Å²) in [6.45, 7) is 4.39. The fourth-order valence-corrected chi connectivity index (χ4v) is 11.7. The molecule has 1 rings (SSSR count). The van der Waals surface area contributed by atoms with Gasteiger partial charge in [-0.25, -0.2) is 0 Å². The van der Waals surface area contributed by atoms with Crippen molar-refractivity contribution in [1.82, 2.24) is 5.32 Å². The van der Waals surface area contributed by atoms with Crippen LogP contribution in [0, 0.1) is 0 Å². The second kappa shape index (κ2) is 61.1. The fourth-order valence-electron chi connectivity index (χ4n) is 11.7. The SMILES string of the molecule is CCCCCCCCCCCCCC/C=C/C(O)C(COC1OC(CO)C(O)C(O)C1O)NC(=O)CCCCCCCCCCCCCCCCCCCCCCCCCCCCCCCOC(=O)CCCCCCCCCCCCC. The Bertz CT molecular complexity index is 1370. The Kier molecular flexibility index (Phi) is 58.4. The lowest BCUT2D eigenvalue weighted by Gasteiger charge is -2.40. The molecule has 7 atom stereocenters. The standard InChI is InChI=1S/C71H137NO10/c1-3-5-7-9-11-13-15-16-34-38-41-45-49-53-57-64(74)63(62-81-71-70(79)69(78)68(77)65(61-73)82-71)72-66(75)58-54-50-46-42-39-35-32-30-28-26-24-22-20-18-17-19-21-23-25-27-29-31-33-36-40-44-48-52-56-60-80-67(76)59-55-51-47-43-37-14-12-10-8-6-4-2/h53,57,63-65,68-71,73-74,77-79H,3-52,54-56,58-62H2,1-2H3,(H,72,75)/b57-53+. The smallest absolute Gasteiger partial charge is 0.305 e. The molecule has 82 heavy (non-hydrogen) atoms. The number of rotatable bonds is 64. The molecular formula is C71H137NO10. The van der Waals surface area contributed by atoms with Crippen molar-refractivity contribution in [1.29, 1.82) is 0 Å². The predicted octanol–water partition coefficient (Wildman–Crippen LogP) is 18.2. The third-order valence-electron chi connectivity index (χ3n) is 17.4. The van der Waals surface area contributed by atoms with Gasteiger partial charge in [0.2, 0.25) is 5.91 Å². The predicted molar refractivity (Wildman–Crippen MR) is 343 cm³/mol. The lowest BCUT2D eigenvalue weighted by atomic mass is 9.99. The number of aliphatic hydroxyl groups excluding tert-OH is 5. The molecule has 486 valence electrons. The molecule has 0 aromatic rings. The van der Waals surface area contributed by atoms with Gasteiger partial charge in [-0.3, -0.25) is 9.59 Å². The van der Waals surface area contributed by atoms with Crippen LogP contribution in [-0.2, 0) is 23.8 Å². The first-order valence-corrected chi connectivity index (χ1v) is 36.0. The van der Waals surface area contributed by atoms with E-state index in [1.165, 1.54) is 289 Å². The maximum absolute atomic E-state index is 13.1. The van der Waals surface area contributed by atoms with Crippen molar-refractivity contribution in [2.45, 2.75) is 410 Å². The summed E-state index contributed by atoms with van der Waals surface area (Å²) in [4.78, 5) is 25.1. The van der Waals surface area contributed by atoms with Crippen molar-refractivity contribution in [2.24, 2.45) is 0 Å². The number of amides is 1. The van der Waals surface area contributed by atoms with Gasteiger partial charge in [-0.2, -0.15) is 0 Å². The normalized spacial score (nSPS) is 18.2. The molecule has 6 N–H and O–H groups in total. The van der Waals surface area contributed by atoms with E-state index in [1.807, 2.05) is 6.08 Å². The molecule has 11 heteroatoms. The quantitative estimate of drug-likeness (QED) is 0.0195. The second-order valence-electron chi connectivity index (χ2n) is 25.3. The number of nitrogens with one attached hydrogen (secondary N) is 1. The molecule has 7 unspecified atom stereocenters. The van der Waals surface area contributed by atoms with Crippen LogP contribution in [0.5, 0.6) is 0 Å². The highest BCUT2D eigenvalue weighted by Crippen LogP contribution is 2.24. The van der Waals surface area contributed by atoms with Crippen LogP contribution in [0.15, 0.2) is 12.2 Å². The monoisotopic (exact) mass is 1160 g/mol. The van der Waals surface area contributed by atoms with Crippen LogP contribution >= 0.6 is 0 Å². The number of ether oxygens (including phenoxy) is 3. The van der Waals surface area contributed by atoms with Crippen molar-refractivity contribution in [2.75, 3.05) is 19.8 Å². The van der Waals surface area contributed by atoms with Crippen molar-refractivity contribution >= 4 is 11.9 Å². The van der Waals surface area contributed by atoms with E-state index in [1.54, 1.807) is 6.08 Å². The zero-order valence-electron chi connectivity index (χ0n) is 54.0. The van der Waals surface area contributed by atoms with Gasteiger partial charge in [-0.15, -0.1) is 0 Å². The van der Waals surface area contributed by atoms with Gasteiger partial charge in [0.25, 0.3) is 0 Å². The minimum absolute atomic E-state index is 0.0113. The maximum Gasteiger partial charge on any atom is 0.305 e. The Morgan fingerprint density at radius 2 is 0.768 bits per heavy atom. The molecule has 0 saturated carbocycles. The maximum atomic E-state index is 13.1. The lowest BCUT2D eigenvalue weighted by Crippen LogP contribution is -2.60. The molecule has 1 aliphatic heterocycles. The number of carbonyl (C=O) groups excluding carboxylic acids is 2. The third kappa shape index (κ3) is 49.5. The fraction of sp³-hybridized carbons (Fsp3) is 0.944. The van der Waals surface area contributed by atoms with Crippen LogP contribution in [0.1, 0.15) is 367 Å². The number of carbonyl (C=O) groups is 2. The molecular weight excluding hydrogens is 1030 g/mol. The summed E-state index contributed by atoms with van der Waals surface area (Å²) in [7, 11) is 0. The number of hydrogen-bond donors (Lipinski definition) is 6. The van der Waals surface area contributed by atoms with Crippen LogP contribution in [0.3, 0.4) is 0 Å². The van der Waals surface area contributed by atoms with E-state index in [4.69, 9.17) is 14.2 Å². The molecule has 0 aromatic heterocycles. The summed E-state index contributed by atoms with van der Waals surface area (Å²) >= 11 is 0. The van der Waals surface area contributed by atoms with Crippen LogP contribution in [-0.4, -0.2) is 100 Å². The highest BCUT2D eigenvalue weighted by Gasteiger charge is 2.44. The van der Waals surface area contributed by atoms with E-state index in [-0.39, 0.29) is 18.5 Å². The Labute approximate surface area is 506 Å². The molecule has 0 bridgehead atoms. The Balaban J connectivity index is 1.97. The van der Waals surface area contributed by atoms with Gasteiger partial charge in [0.05, 0.1) is 32.0 Å². The molecule has 0 spiro atoms. The molecule has 1 heterocycles. The number of hydrogen-bond acceptors (Lipinski definition) is 10. The van der Waals surface area contributed by atoms with E-state index >= 15 is 0 Å². The number of allylic oxidation sites excluding steroid dienone is 1. The summed E-state index contributed by atoms with van der Waals surface area (Å²) in [5, 5.41) is 54.6. The summed E-state index contributed by atoms with van der Waals surface area (Å²) in [5.41, 5.74) is 0. The van der Waals surface area contributed by atoms with Gasteiger partial charge in [-0.1, -0.05) is 334 Å². The summed E-state index contributed by atoms with van der Waals surface area (Å²) in [6, 6.07) is -0.806. The van der Waals surface area contributed by atoms with Crippen LogP contribution in [0.2, 0.25) is 0 Å². The van der Waals surface area contributed by atoms with Crippen molar-refractivity contribution in [3.8, 4) is 0 Å². The number of unbranched alkanes of at least 4 members (excludes halogenated alkanes) is 50. The van der Waals surface area contributed by atoms with E-state index in [9.17, 15) is 35.1 Å². The van der Waals surface area contributed by atoms with Gasteiger partial charge in [-0.05, 0) is 32.1 Å². The third-order valence-corrected chi connectivity index (χ3v) is 17.4. The topological polar surface area (TPSA) is 175 Å². The summed E-state index contributed by atoms with van der Waals surface area (Å²) in [5.74, 6) is -0.164. The molecule has 1 aliphatic rings. The summed E-state index contributed by atoms with van der Waals surface area (Å²) in [6.07, 6.45) is 64.8. The van der Waals surface area contributed by atoms with Crippen molar-refractivity contribution in [3.63, 3.8) is 0 Å². The molecule has 1 saturated heterocycles. The minimum Gasteiger partial charge on any atom is -0.466 e. The molecule has 1 amide bonds. The first-order valence-electron chi connectivity index (χ1n) is 36.0. The molecule has 0 aromatic carbocycles. The van der Waals surface area contributed by atoms with E-state index < -0.39 is 49.5 Å². The van der Waals surface area contributed by atoms with Crippen LogP contribution in [0.25, 0.3) is 0 Å². The van der Waals surface area contributed by atoms with Crippen LogP contribution in [0.4, 0.5) is 0 Å². The number of esters is 1. The number of aliphatic hydroxyl groups is 5. The Hall–Kier alpha value is -1.60. The van der Waals surface area contributed by atoms with Gasteiger partial charge < -0.3 is 45.1 Å². The van der Waals surface area contributed by atoms with E-state index in [0.29, 0.717) is 19.4 Å². The first-order chi connectivity index (χ1) is 40.2. The zero-order valence-corrected chi connectivity index (χ0v) is 54.0. The Morgan fingerprint density at radius 1 is 0.439 bits per heavy atom. The minimum atomic E-state index is -1.57. The van der Waals surface area contributed by atoms with Crippen molar-refractivity contribution < 1.29 is 49.3 Å². The van der Waals surface area contributed by atoms with Gasteiger partial charge >= 0.3 is 5.97 Å². The average Bonchev–Trinajstić information content (AvgIpc) is 3.68. The highest BCUT2D eigenvalue weighted by molar-refractivity contribution is 5.76. The molecule has 1 fully saturated rings. The van der Waals surface area contributed by atoms with Gasteiger partial charge in [0.15, 0.2) is 6.29 Å². The van der Waals surface area contributed by atoms with Gasteiger partial charge in [0, 0.05) is 12.8 Å². The lowest BCUT2D eigenvalue weighted by molar-refractivity contribution is -0.302. The van der Waals surface area contributed by atoms with E-state index in [2.05, 4.69) is 19.2 Å². The first kappa shape index (κ1) is 78.4. The van der Waals surface area contributed by atoms with Gasteiger partial charge in [0.1, 0.15) is 24.4 Å².